The Morgan fingerprint density at radius 2 is 1.64 bits per heavy atom. The van der Waals surface area contributed by atoms with Gasteiger partial charge in [-0.1, -0.05) is 29.3 Å². The molecule has 1 aromatic carbocycles. The maximum absolute atomic E-state index is 12.1. The number of hydrogen-bond donors (Lipinski definition) is 1. The molecule has 118 valence electrons. The van der Waals surface area contributed by atoms with Gasteiger partial charge in [-0.15, -0.1) is 0 Å². The summed E-state index contributed by atoms with van der Waals surface area (Å²) >= 11 is 12.1. The Kier molecular flexibility index (Phi) is 5.83. The van der Waals surface area contributed by atoms with E-state index in [4.69, 9.17) is 28.3 Å². The number of hydrogen-bond acceptors (Lipinski definition) is 3. The van der Waals surface area contributed by atoms with E-state index < -0.39 is 6.61 Å². The van der Waals surface area contributed by atoms with E-state index in [1.54, 1.807) is 34.1 Å². The van der Waals surface area contributed by atoms with Crippen molar-refractivity contribution in [3.8, 4) is 0 Å². The van der Waals surface area contributed by atoms with E-state index in [0.29, 0.717) is 41.8 Å². The first-order chi connectivity index (χ1) is 10.5. The minimum absolute atomic E-state index is 0.160. The SMILES string of the molecule is O=C(/C=C/c1c(Cl)cccc1Cl)N1CCN(C(=O)CO)CC1. The number of amides is 2. The summed E-state index contributed by atoms with van der Waals surface area (Å²) in [5.41, 5.74) is 0.605. The van der Waals surface area contributed by atoms with Crippen LogP contribution in [0.25, 0.3) is 6.08 Å². The fraction of sp³-hybridized carbons (Fsp3) is 0.333. The number of aliphatic hydroxyl groups is 1. The molecule has 1 saturated heterocycles. The van der Waals surface area contributed by atoms with Gasteiger partial charge in [0.05, 0.1) is 0 Å². The summed E-state index contributed by atoms with van der Waals surface area (Å²) in [6, 6.07) is 5.15. The monoisotopic (exact) mass is 342 g/mol. The average Bonchev–Trinajstić information content (AvgIpc) is 2.53. The average molecular weight is 343 g/mol. The number of benzene rings is 1. The standard InChI is InChI=1S/C15H16Cl2N2O3/c16-12-2-1-3-13(17)11(12)4-5-14(21)18-6-8-19(9-7-18)15(22)10-20/h1-5,20H,6-10H2/b5-4+. The van der Waals surface area contributed by atoms with Crippen LogP contribution in [0, 0.1) is 0 Å². The van der Waals surface area contributed by atoms with Gasteiger partial charge in [0.25, 0.3) is 0 Å². The van der Waals surface area contributed by atoms with Gasteiger partial charge in [0, 0.05) is 47.9 Å². The number of piperazine rings is 1. The van der Waals surface area contributed by atoms with Crippen molar-refractivity contribution in [2.24, 2.45) is 0 Å². The Morgan fingerprint density at radius 1 is 1.09 bits per heavy atom. The summed E-state index contributed by atoms with van der Waals surface area (Å²) in [6.45, 7) is 1.22. The third-order valence-electron chi connectivity index (χ3n) is 3.47. The first kappa shape index (κ1) is 16.8. The smallest absolute Gasteiger partial charge is 0.248 e. The first-order valence-electron chi connectivity index (χ1n) is 6.82. The summed E-state index contributed by atoms with van der Waals surface area (Å²) in [5.74, 6) is -0.474. The third-order valence-corrected chi connectivity index (χ3v) is 4.13. The Hall–Kier alpha value is -1.56. The second-order valence-corrected chi connectivity index (χ2v) is 5.65. The second-order valence-electron chi connectivity index (χ2n) is 4.83. The van der Waals surface area contributed by atoms with Crippen LogP contribution in [0.4, 0.5) is 0 Å². The van der Waals surface area contributed by atoms with Gasteiger partial charge in [0.2, 0.25) is 11.8 Å². The predicted molar refractivity (Wildman–Crippen MR) is 85.7 cm³/mol. The fourth-order valence-electron chi connectivity index (χ4n) is 2.21. The van der Waals surface area contributed by atoms with Crippen LogP contribution < -0.4 is 0 Å². The lowest BCUT2D eigenvalue weighted by atomic mass is 10.2. The van der Waals surface area contributed by atoms with Crippen molar-refractivity contribution >= 4 is 41.1 Å². The molecular weight excluding hydrogens is 327 g/mol. The number of halogens is 2. The summed E-state index contributed by atoms with van der Waals surface area (Å²) in [6.07, 6.45) is 3.02. The van der Waals surface area contributed by atoms with Gasteiger partial charge < -0.3 is 14.9 Å². The van der Waals surface area contributed by atoms with Crippen molar-refractivity contribution in [1.82, 2.24) is 9.80 Å². The van der Waals surface area contributed by atoms with Gasteiger partial charge in [-0.2, -0.15) is 0 Å². The second kappa shape index (κ2) is 7.63. The van der Waals surface area contributed by atoms with E-state index in [0.717, 1.165) is 0 Å². The van der Waals surface area contributed by atoms with Gasteiger partial charge in [-0.05, 0) is 18.2 Å². The molecule has 1 aromatic rings. The zero-order valence-electron chi connectivity index (χ0n) is 11.8. The molecule has 1 N–H and O–H groups in total. The lowest BCUT2D eigenvalue weighted by Crippen LogP contribution is -2.50. The maximum atomic E-state index is 12.1. The van der Waals surface area contributed by atoms with E-state index in [2.05, 4.69) is 0 Å². The van der Waals surface area contributed by atoms with E-state index in [9.17, 15) is 9.59 Å². The molecule has 5 nitrogen and oxygen atoms in total. The molecule has 1 aliphatic heterocycles. The predicted octanol–water partition coefficient (Wildman–Crippen LogP) is 1.67. The van der Waals surface area contributed by atoms with Crippen LogP contribution in [0.3, 0.4) is 0 Å². The molecule has 0 saturated carbocycles. The van der Waals surface area contributed by atoms with Gasteiger partial charge in [-0.25, -0.2) is 0 Å². The minimum atomic E-state index is -0.501. The van der Waals surface area contributed by atoms with E-state index >= 15 is 0 Å². The molecule has 0 radical (unpaired) electrons. The number of carbonyl (C=O) groups excluding carboxylic acids is 2. The van der Waals surface area contributed by atoms with Crippen molar-refractivity contribution in [3.63, 3.8) is 0 Å². The highest BCUT2D eigenvalue weighted by Crippen LogP contribution is 2.25. The lowest BCUT2D eigenvalue weighted by molar-refractivity contribution is -0.139. The van der Waals surface area contributed by atoms with Crippen LogP contribution in [-0.4, -0.2) is 59.5 Å². The Morgan fingerprint density at radius 3 is 2.18 bits per heavy atom. The molecular formula is C15H16Cl2N2O3. The third kappa shape index (κ3) is 4.00. The summed E-state index contributed by atoms with van der Waals surface area (Å²) in [4.78, 5) is 26.7. The Labute approximate surface area is 138 Å². The van der Waals surface area contributed by atoms with Gasteiger partial charge in [-0.3, -0.25) is 9.59 Å². The molecule has 2 amide bonds. The molecule has 0 aromatic heterocycles. The zero-order valence-corrected chi connectivity index (χ0v) is 13.3. The van der Waals surface area contributed by atoms with Crippen molar-refractivity contribution in [1.29, 1.82) is 0 Å². The maximum Gasteiger partial charge on any atom is 0.248 e. The molecule has 22 heavy (non-hydrogen) atoms. The van der Waals surface area contributed by atoms with Crippen LogP contribution >= 0.6 is 23.2 Å². The molecule has 0 unspecified atom stereocenters. The molecule has 0 aliphatic carbocycles. The molecule has 2 rings (SSSR count). The summed E-state index contributed by atoms with van der Waals surface area (Å²) in [5, 5.41) is 9.78. The zero-order chi connectivity index (χ0) is 16.1. The summed E-state index contributed by atoms with van der Waals surface area (Å²) < 4.78 is 0. The fourth-order valence-corrected chi connectivity index (χ4v) is 2.73. The molecule has 1 heterocycles. The Bertz CT molecular complexity index is 576. The van der Waals surface area contributed by atoms with Crippen LogP contribution in [0.15, 0.2) is 24.3 Å². The van der Waals surface area contributed by atoms with Crippen molar-refractivity contribution < 1.29 is 14.7 Å². The van der Waals surface area contributed by atoms with Gasteiger partial charge in [0.1, 0.15) is 6.61 Å². The minimum Gasteiger partial charge on any atom is -0.387 e. The highest BCUT2D eigenvalue weighted by atomic mass is 35.5. The van der Waals surface area contributed by atoms with E-state index in [-0.39, 0.29) is 11.8 Å². The highest BCUT2D eigenvalue weighted by Gasteiger charge is 2.22. The van der Waals surface area contributed by atoms with Crippen LogP contribution in [-0.2, 0) is 9.59 Å². The van der Waals surface area contributed by atoms with Crippen LogP contribution in [0.2, 0.25) is 10.0 Å². The molecule has 0 spiro atoms. The normalized spacial score (nSPS) is 15.4. The number of carbonyl (C=O) groups is 2. The van der Waals surface area contributed by atoms with E-state index in [1.807, 2.05) is 0 Å². The number of rotatable bonds is 3. The highest BCUT2D eigenvalue weighted by molar-refractivity contribution is 6.37. The largest absolute Gasteiger partial charge is 0.387 e. The van der Waals surface area contributed by atoms with Gasteiger partial charge >= 0.3 is 0 Å². The van der Waals surface area contributed by atoms with E-state index in [1.165, 1.54) is 6.08 Å². The molecule has 1 aliphatic rings. The molecule has 7 heteroatoms. The quantitative estimate of drug-likeness (QED) is 0.850. The van der Waals surface area contributed by atoms with Crippen molar-refractivity contribution in [3.05, 3.63) is 39.9 Å². The van der Waals surface area contributed by atoms with Crippen LogP contribution in [0.1, 0.15) is 5.56 Å². The van der Waals surface area contributed by atoms with Crippen molar-refractivity contribution in [2.45, 2.75) is 0 Å². The number of aliphatic hydroxyl groups excluding tert-OH is 1. The van der Waals surface area contributed by atoms with Crippen molar-refractivity contribution in [2.75, 3.05) is 32.8 Å². The molecule has 0 bridgehead atoms. The van der Waals surface area contributed by atoms with Gasteiger partial charge in [0.15, 0.2) is 0 Å². The first-order valence-corrected chi connectivity index (χ1v) is 7.58. The number of nitrogens with zero attached hydrogens (tertiary/aromatic N) is 2. The topological polar surface area (TPSA) is 60.9 Å². The van der Waals surface area contributed by atoms with Crippen LogP contribution in [0.5, 0.6) is 0 Å². The summed E-state index contributed by atoms with van der Waals surface area (Å²) in [7, 11) is 0. The Balaban J connectivity index is 1.96. The lowest BCUT2D eigenvalue weighted by Gasteiger charge is -2.33. The molecule has 1 fully saturated rings. The molecule has 0 atom stereocenters.